The van der Waals surface area contributed by atoms with Gasteiger partial charge in [0.2, 0.25) is 11.8 Å². The van der Waals surface area contributed by atoms with Gasteiger partial charge in [-0.1, -0.05) is 0 Å². The van der Waals surface area contributed by atoms with Crippen LogP contribution in [0.1, 0.15) is 19.8 Å². The number of carbonyl (C=O) groups excluding carboxylic acids is 3. The highest BCUT2D eigenvalue weighted by Crippen LogP contribution is 2.25. The van der Waals surface area contributed by atoms with E-state index in [0.29, 0.717) is 44.1 Å². The van der Waals surface area contributed by atoms with Crippen molar-refractivity contribution in [3.63, 3.8) is 0 Å². The largest absolute Gasteiger partial charge is 0.465 e. The lowest BCUT2D eigenvalue weighted by Gasteiger charge is -2.24. The molecule has 0 saturated carbocycles. The van der Waals surface area contributed by atoms with Gasteiger partial charge in [-0.2, -0.15) is 13.2 Å². The summed E-state index contributed by atoms with van der Waals surface area (Å²) in [6, 6.07) is 0. The molecule has 26 heavy (non-hydrogen) atoms. The van der Waals surface area contributed by atoms with Crippen LogP contribution in [-0.2, 0) is 19.1 Å². The molecule has 2 amide bonds. The molecule has 10 heteroatoms. The van der Waals surface area contributed by atoms with Gasteiger partial charge in [-0.05, 0) is 13.3 Å². The Balaban J connectivity index is 1.86. The SMILES string of the molecule is CCOC(=O)CN1CCCN(C(=O)C2CC(=O)N(CC(F)(F)F)C2)CC1. The van der Waals surface area contributed by atoms with Crippen molar-refractivity contribution in [1.29, 1.82) is 0 Å². The van der Waals surface area contributed by atoms with Crippen LogP contribution < -0.4 is 0 Å². The fourth-order valence-electron chi connectivity index (χ4n) is 3.30. The van der Waals surface area contributed by atoms with Crippen LogP contribution in [0.4, 0.5) is 13.2 Å². The van der Waals surface area contributed by atoms with Crippen LogP contribution in [0.15, 0.2) is 0 Å². The molecule has 2 rings (SSSR count). The summed E-state index contributed by atoms with van der Waals surface area (Å²) in [6.07, 6.45) is -4.00. The summed E-state index contributed by atoms with van der Waals surface area (Å²) in [5, 5.41) is 0. The third kappa shape index (κ3) is 5.86. The monoisotopic (exact) mass is 379 g/mol. The maximum absolute atomic E-state index is 12.6. The molecule has 0 aromatic heterocycles. The predicted octanol–water partition coefficient (Wildman–Crippen LogP) is 0.495. The second kappa shape index (κ2) is 8.70. The zero-order valence-electron chi connectivity index (χ0n) is 14.8. The smallest absolute Gasteiger partial charge is 0.406 e. The summed E-state index contributed by atoms with van der Waals surface area (Å²) in [5.74, 6) is -1.99. The number of hydrogen-bond donors (Lipinski definition) is 0. The Bertz CT molecular complexity index is 541. The fraction of sp³-hybridized carbons (Fsp3) is 0.812. The minimum atomic E-state index is -4.47. The Morgan fingerprint density at radius 1 is 1.19 bits per heavy atom. The van der Waals surface area contributed by atoms with Crippen LogP contribution >= 0.6 is 0 Å². The Morgan fingerprint density at radius 3 is 2.58 bits per heavy atom. The van der Waals surface area contributed by atoms with Gasteiger partial charge in [0.1, 0.15) is 6.54 Å². The molecule has 0 N–H and O–H groups in total. The second-order valence-electron chi connectivity index (χ2n) is 6.55. The minimum absolute atomic E-state index is 0.150. The number of alkyl halides is 3. The molecule has 2 heterocycles. The zero-order chi connectivity index (χ0) is 19.3. The van der Waals surface area contributed by atoms with E-state index in [9.17, 15) is 27.6 Å². The van der Waals surface area contributed by atoms with Crippen LogP contribution in [0.25, 0.3) is 0 Å². The van der Waals surface area contributed by atoms with Crippen molar-refractivity contribution in [1.82, 2.24) is 14.7 Å². The second-order valence-corrected chi connectivity index (χ2v) is 6.55. The highest BCUT2D eigenvalue weighted by Gasteiger charge is 2.41. The summed E-state index contributed by atoms with van der Waals surface area (Å²) >= 11 is 0. The van der Waals surface area contributed by atoms with Crippen LogP contribution in [0, 0.1) is 5.92 Å². The molecule has 2 fully saturated rings. The summed E-state index contributed by atoms with van der Waals surface area (Å²) < 4.78 is 42.4. The number of halogens is 3. The maximum Gasteiger partial charge on any atom is 0.406 e. The van der Waals surface area contributed by atoms with Gasteiger partial charge in [0.05, 0.1) is 19.1 Å². The van der Waals surface area contributed by atoms with E-state index >= 15 is 0 Å². The molecule has 0 spiro atoms. The van der Waals surface area contributed by atoms with Gasteiger partial charge in [-0.15, -0.1) is 0 Å². The Hall–Kier alpha value is -1.84. The average Bonchev–Trinajstić information content (AvgIpc) is 2.75. The van der Waals surface area contributed by atoms with Crippen LogP contribution in [0.2, 0.25) is 0 Å². The van der Waals surface area contributed by atoms with Crippen LogP contribution in [-0.4, -0.2) is 91.1 Å². The van der Waals surface area contributed by atoms with E-state index < -0.39 is 24.5 Å². The lowest BCUT2D eigenvalue weighted by molar-refractivity contribution is -0.157. The lowest BCUT2D eigenvalue weighted by Crippen LogP contribution is -2.41. The van der Waals surface area contributed by atoms with Crippen molar-refractivity contribution in [3.05, 3.63) is 0 Å². The van der Waals surface area contributed by atoms with Crippen molar-refractivity contribution < 1.29 is 32.3 Å². The average molecular weight is 379 g/mol. The number of amides is 2. The van der Waals surface area contributed by atoms with Crippen LogP contribution in [0.5, 0.6) is 0 Å². The minimum Gasteiger partial charge on any atom is -0.465 e. The van der Waals surface area contributed by atoms with Crippen molar-refractivity contribution >= 4 is 17.8 Å². The van der Waals surface area contributed by atoms with E-state index in [2.05, 4.69) is 0 Å². The van der Waals surface area contributed by atoms with E-state index in [1.807, 2.05) is 4.90 Å². The van der Waals surface area contributed by atoms with Crippen molar-refractivity contribution in [3.8, 4) is 0 Å². The first-order valence-electron chi connectivity index (χ1n) is 8.71. The number of nitrogens with zero attached hydrogens (tertiary/aromatic N) is 3. The standard InChI is InChI=1S/C16H24F3N3O4/c1-2-26-14(24)10-20-4-3-5-21(7-6-20)15(25)12-8-13(23)22(9-12)11-16(17,18)19/h12H,2-11H2,1H3. The molecule has 2 aliphatic heterocycles. The maximum atomic E-state index is 12.6. The topological polar surface area (TPSA) is 70.2 Å². The molecular weight excluding hydrogens is 355 g/mol. The van der Waals surface area contributed by atoms with E-state index in [0.717, 1.165) is 0 Å². The quantitative estimate of drug-likeness (QED) is 0.651. The number of ether oxygens (including phenoxy) is 1. The van der Waals surface area contributed by atoms with Gasteiger partial charge >= 0.3 is 12.1 Å². The van der Waals surface area contributed by atoms with Gasteiger partial charge < -0.3 is 14.5 Å². The zero-order valence-corrected chi connectivity index (χ0v) is 14.8. The molecule has 148 valence electrons. The number of esters is 1. The molecule has 0 aliphatic carbocycles. The molecule has 1 atom stereocenters. The van der Waals surface area contributed by atoms with Gasteiger partial charge in [-0.3, -0.25) is 19.3 Å². The molecule has 0 bridgehead atoms. The van der Waals surface area contributed by atoms with Crippen molar-refractivity contribution in [2.45, 2.75) is 25.9 Å². The van der Waals surface area contributed by atoms with Gasteiger partial charge in [-0.25, -0.2) is 0 Å². The molecule has 7 nitrogen and oxygen atoms in total. The molecule has 2 saturated heterocycles. The highest BCUT2D eigenvalue weighted by atomic mass is 19.4. The molecule has 0 radical (unpaired) electrons. The highest BCUT2D eigenvalue weighted by molar-refractivity contribution is 5.89. The summed E-state index contributed by atoms with van der Waals surface area (Å²) in [4.78, 5) is 40.1. The first kappa shape index (κ1) is 20.5. The molecule has 1 unspecified atom stereocenters. The first-order valence-corrected chi connectivity index (χ1v) is 8.71. The van der Waals surface area contributed by atoms with Crippen LogP contribution in [0.3, 0.4) is 0 Å². The third-order valence-corrected chi connectivity index (χ3v) is 4.49. The number of rotatable bonds is 5. The van der Waals surface area contributed by atoms with Crippen molar-refractivity contribution in [2.75, 3.05) is 52.4 Å². The normalized spacial score (nSPS) is 22.5. The predicted molar refractivity (Wildman–Crippen MR) is 85.0 cm³/mol. The van der Waals surface area contributed by atoms with Crippen molar-refractivity contribution in [2.24, 2.45) is 5.92 Å². The summed E-state index contributed by atoms with van der Waals surface area (Å²) in [7, 11) is 0. The van der Waals surface area contributed by atoms with E-state index in [1.165, 1.54) is 0 Å². The summed E-state index contributed by atoms with van der Waals surface area (Å²) in [6.45, 7) is 2.63. The van der Waals surface area contributed by atoms with E-state index in [4.69, 9.17) is 4.74 Å². The first-order chi connectivity index (χ1) is 12.2. The number of likely N-dealkylation sites (tertiary alicyclic amines) is 1. The molecular formula is C16H24F3N3O4. The Morgan fingerprint density at radius 2 is 1.92 bits per heavy atom. The Kier molecular flexibility index (Phi) is 6.85. The van der Waals surface area contributed by atoms with Gasteiger partial charge in [0, 0.05) is 39.1 Å². The van der Waals surface area contributed by atoms with Gasteiger partial charge in [0.15, 0.2) is 0 Å². The third-order valence-electron chi connectivity index (χ3n) is 4.49. The molecule has 2 aliphatic rings. The van der Waals surface area contributed by atoms with E-state index in [1.54, 1.807) is 11.8 Å². The molecule has 0 aromatic rings. The van der Waals surface area contributed by atoms with E-state index in [-0.39, 0.29) is 31.4 Å². The number of hydrogen-bond acceptors (Lipinski definition) is 5. The van der Waals surface area contributed by atoms with Gasteiger partial charge in [0.25, 0.3) is 0 Å². The summed E-state index contributed by atoms with van der Waals surface area (Å²) in [5.41, 5.74) is 0. The molecule has 0 aromatic carbocycles. The fourth-order valence-corrected chi connectivity index (χ4v) is 3.30. The lowest BCUT2D eigenvalue weighted by atomic mass is 10.1. The Labute approximate surface area is 150 Å². The number of carbonyl (C=O) groups is 3.